The molecule has 18 heavy (non-hydrogen) atoms. The molecular formula is C10H17N3O5. The molecule has 1 rings (SSSR count). The van der Waals surface area contributed by atoms with Crippen molar-refractivity contribution in [1.82, 2.24) is 9.55 Å². The van der Waals surface area contributed by atoms with E-state index in [1.807, 2.05) is 0 Å². The highest BCUT2D eigenvalue weighted by atomic mass is 16.6. The van der Waals surface area contributed by atoms with Crippen LogP contribution in [0.5, 0.6) is 0 Å². The molecule has 0 radical (unpaired) electrons. The van der Waals surface area contributed by atoms with Gasteiger partial charge in [0.05, 0.1) is 12.7 Å². The first-order chi connectivity index (χ1) is 8.49. The van der Waals surface area contributed by atoms with Crippen molar-refractivity contribution in [2.75, 3.05) is 12.3 Å². The highest BCUT2D eigenvalue weighted by molar-refractivity contribution is 5.23. The molecule has 1 heterocycles. The van der Waals surface area contributed by atoms with Crippen molar-refractivity contribution in [3.05, 3.63) is 22.7 Å². The van der Waals surface area contributed by atoms with Gasteiger partial charge in [-0.2, -0.15) is 4.98 Å². The zero-order chi connectivity index (χ0) is 13.7. The smallest absolute Gasteiger partial charge is 0.353 e. The summed E-state index contributed by atoms with van der Waals surface area (Å²) in [5.74, 6) is 0.0238. The zero-order valence-electron chi connectivity index (χ0n) is 9.93. The molecule has 1 aromatic rings. The minimum absolute atomic E-state index is 0.0238. The Balaban J connectivity index is 2.81. The lowest BCUT2D eigenvalue weighted by atomic mass is 10.2. The van der Waals surface area contributed by atoms with Crippen LogP contribution in [-0.2, 0) is 4.74 Å². The molecule has 102 valence electrons. The number of rotatable bonds is 6. The first kappa shape index (κ1) is 14.6. The number of aromatic nitrogens is 2. The van der Waals surface area contributed by atoms with E-state index < -0.39 is 30.9 Å². The third kappa shape index (κ3) is 3.50. The Kier molecular flexibility index (Phi) is 5.23. The normalized spacial score (nSPS) is 16.2. The molecule has 0 unspecified atom stereocenters. The summed E-state index contributed by atoms with van der Waals surface area (Å²) in [6.45, 7) is 1.21. The Morgan fingerprint density at radius 1 is 1.56 bits per heavy atom. The zero-order valence-corrected chi connectivity index (χ0v) is 9.93. The molecule has 0 aromatic carbocycles. The van der Waals surface area contributed by atoms with Gasteiger partial charge in [-0.05, 0) is 12.5 Å². The Bertz CT molecular complexity index is 436. The van der Waals surface area contributed by atoms with Gasteiger partial charge >= 0.3 is 5.69 Å². The molecule has 8 heteroatoms. The fraction of sp³-hybridized carbons (Fsp3) is 0.600. The minimum atomic E-state index is -1.65. The number of nitrogens with zero attached hydrogens (tertiary/aromatic N) is 2. The number of aliphatic hydroxyl groups excluding tert-OH is 3. The van der Waals surface area contributed by atoms with Crippen molar-refractivity contribution < 1.29 is 20.1 Å². The predicted molar refractivity (Wildman–Crippen MR) is 62.4 cm³/mol. The van der Waals surface area contributed by atoms with Gasteiger partial charge in [0.15, 0.2) is 0 Å². The second kappa shape index (κ2) is 6.45. The number of nitrogens with two attached hydrogens (primary N) is 1. The Morgan fingerprint density at radius 3 is 2.72 bits per heavy atom. The van der Waals surface area contributed by atoms with E-state index in [2.05, 4.69) is 4.98 Å². The van der Waals surface area contributed by atoms with Crippen LogP contribution in [0, 0.1) is 0 Å². The van der Waals surface area contributed by atoms with E-state index in [9.17, 15) is 15.0 Å². The number of hydrogen-bond donors (Lipinski definition) is 4. The molecule has 0 aliphatic rings. The standard InChI is InChI=1S/C10H17N3O5/c1-2-6(15)7(5-14)18-10(17)13-4-3-8(11)12-9(13)16/h3-4,6-7,10,14-15,17H,2,5H2,1H3,(H2,11,12,16)/t6-,7+,10+/m0/s1. The second-order valence-electron chi connectivity index (χ2n) is 3.70. The molecule has 8 nitrogen and oxygen atoms in total. The largest absolute Gasteiger partial charge is 0.394 e. The quantitative estimate of drug-likeness (QED) is 0.453. The fourth-order valence-corrected chi connectivity index (χ4v) is 1.33. The number of ether oxygens (including phenoxy) is 1. The number of hydrogen-bond acceptors (Lipinski definition) is 7. The highest BCUT2D eigenvalue weighted by Crippen LogP contribution is 2.10. The van der Waals surface area contributed by atoms with E-state index in [4.69, 9.17) is 15.6 Å². The SMILES string of the molecule is CC[C@H](O)[C@@H](CO)O[C@@H](O)n1ccc(N)nc1=O. The maximum atomic E-state index is 11.4. The summed E-state index contributed by atoms with van der Waals surface area (Å²) in [5, 5.41) is 28.2. The lowest BCUT2D eigenvalue weighted by Crippen LogP contribution is -2.37. The van der Waals surface area contributed by atoms with Gasteiger partial charge in [0.25, 0.3) is 0 Å². The molecule has 0 saturated heterocycles. The lowest BCUT2D eigenvalue weighted by molar-refractivity contribution is -0.216. The fourth-order valence-electron chi connectivity index (χ4n) is 1.33. The van der Waals surface area contributed by atoms with Crippen LogP contribution in [0.25, 0.3) is 0 Å². The monoisotopic (exact) mass is 259 g/mol. The number of anilines is 1. The third-order valence-corrected chi connectivity index (χ3v) is 2.41. The van der Waals surface area contributed by atoms with E-state index in [1.165, 1.54) is 12.3 Å². The average molecular weight is 259 g/mol. The summed E-state index contributed by atoms with van der Waals surface area (Å²) in [4.78, 5) is 14.8. The second-order valence-corrected chi connectivity index (χ2v) is 3.70. The highest BCUT2D eigenvalue weighted by Gasteiger charge is 2.22. The van der Waals surface area contributed by atoms with Gasteiger partial charge in [-0.15, -0.1) is 0 Å². The van der Waals surface area contributed by atoms with Gasteiger partial charge in [0.2, 0.25) is 6.41 Å². The molecule has 5 N–H and O–H groups in total. The van der Waals surface area contributed by atoms with Crippen molar-refractivity contribution in [2.24, 2.45) is 0 Å². The van der Waals surface area contributed by atoms with Crippen LogP contribution >= 0.6 is 0 Å². The van der Waals surface area contributed by atoms with Crippen LogP contribution in [0.3, 0.4) is 0 Å². The van der Waals surface area contributed by atoms with Gasteiger partial charge in [-0.3, -0.25) is 0 Å². The molecular weight excluding hydrogens is 242 g/mol. The topological polar surface area (TPSA) is 131 Å². The molecule has 0 fully saturated rings. The average Bonchev–Trinajstić information content (AvgIpc) is 2.34. The predicted octanol–water partition coefficient (Wildman–Crippen LogP) is -1.58. The lowest BCUT2D eigenvalue weighted by Gasteiger charge is -2.24. The number of aliphatic hydroxyl groups is 3. The van der Waals surface area contributed by atoms with Crippen LogP contribution in [-0.4, -0.2) is 43.7 Å². The van der Waals surface area contributed by atoms with E-state index in [0.717, 1.165) is 4.57 Å². The van der Waals surface area contributed by atoms with Crippen LogP contribution in [0.1, 0.15) is 19.8 Å². The summed E-state index contributed by atoms with van der Waals surface area (Å²) in [7, 11) is 0. The number of nitrogen functional groups attached to an aromatic ring is 1. The first-order valence-corrected chi connectivity index (χ1v) is 5.46. The Hall–Kier alpha value is -1.48. The molecule has 0 saturated carbocycles. The van der Waals surface area contributed by atoms with Crippen LogP contribution in [0.2, 0.25) is 0 Å². The molecule has 0 aliphatic carbocycles. The van der Waals surface area contributed by atoms with E-state index in [-0.39, 0.29) is 5.82 Å². The molecule has 0 aliphatic heterocycles. The third-order valence-electron chi connectivity index (χ3n) is 2.41. The van der Waals surface area contributed by atoms with E-state index in [0.29, 0.717) is 6.42 Å². The van der Waals surface area contributed by atoms with Gasteiger partial charge in [0, 0.05) is 6.20 Å². The van der Waals surface area contributed by atoms with E-state index in [1.54, 1.807) is 6.92 Å². The molecule has 0 bridgehead atoms. The Morgan fingerprint density at radius 2 is 2.22 bits per heavy atom. The molecule has 3 atom stereocenters. The van der Waals surface area contributed by atoms with Crippen molar-refractivity contribution >= 4 is 5.82 Å². The summed E-state index contributed by atoms with van der Waals surface area (Å²) >= 11 is 0. The van der Waals surface area contributed by atoms with Crippen LogP contribution in [0.4, 0.5) is 5.82 Å². The minimum Gasteiger partial charge on any atom is -0.394 e. The Labute approximate surface area is 103 Å². The van der Waals surface area contributed by atoms with Gasteiger partial charge in [-0.1, -0.05) is 6.92 Å². The summed E-state index contributed by atoms with van der Waals surface area (Å²) in [5.41, 5.74) is 4.51. The summed E-state index contributed by atoms with van der Waals surface area (Å²) in [6, 6.07) is 1.32. The van der Waals surface area contributed by atoms with Crippen LogP contribution in [0.15, 0.2) is 17.1 Å². The maximum absolute atomic E-state index is 11.4. The van der Waals surface area contributed by atoms with Gasteiger partial charge < -0.3 is 25.8 Å². The van der Waals surface area contributed by atoms with Crippen molar-refractivity contribution in [1.29, 1.82) is 0 Å². The molecule has 1 aromatic heterocycles. The van der Waals surface area contributed by atoms with Crippen molar-refractivity contribution in [3.63, 3.8) is 0 Å². The van der Waals surface area contributed by atoms with Gasteiger partial charge in [0.1, 0.15) is 11.9 Å². The maximum Gasteiger partial charge on any atom is 0.353 e. The first-order valence-electron chi connectivity index (χ1n) is 5.46. The van der Waals surface area contributed by atoms with Crippen molar-refractivity contribution in [2.45, 2.75) is 32.0 Å². The summed E-state index contributed by atoms with van der Waals surface area (Å²) < 4.78 is 5.79. The molecule has 0 spiro atoms. The van der Waals surface area contributed by atoms with E-state index >= 15 is 0 Å². The van der Waals surface area contributed by atoms with Crippen molar-refractivity contribution in [3.8, 4) is 0 Å². The molecule has 0 amide bonds. The van der Waals surface area contributed by atoms with Crippen LogP contribution < -0.4 is 11.4 Å². The summed E-state index contributed by atoms with van der Waals surface area (Å²) in [6.07, 6.45) is -2.03. The van der Waals surface area contributed by atoms with Gasteiger partial charge in [-0.25, -0.2) is 9.36 Å².